The summed E-state index contributed by atoms with van der Waals surface area (Å²) in [5.41, 5.74) is 1.18. The molecule has 7 heteroatoms. The van der Waals surface area contributed by atoms with Crippen LogP contribution in [0.4, 0.5) is 0 Å². The Bertz CT molecular complexity index is 898. The van der Waals surface area contributed by atoms with Gasteiger partial charge in [-0.25, -0.2) is 4.79 Å². The van der Waals surface area contributed by atoms with Gasteiger partial charge in [0.25, 0.3) is 0 Å². The van der Waals surface area contributed by atoms with E-state index in [1.54, 1.807) is 24.3 Å². The van der Waals surface area contributed by atoms with E-state index in [1.165, 1.54) is 51.4 Å². The molecular formula is C37H60NO6+. The van der Waals surface area contributed by atoms with E-state index in [4.69, 9.17) is 9.47 Å². The maximum Gasteiger partial charge on any atom is 0.335 e. The van der Waals surface area contributed by atoms with Crippen molar-refractivity contribution in [1.29, 1.82) is 0 Å². The minimum atomic E-state index is -0.966. The molecule has 1 aromatic rings. The number of carboxylic acid groups (broad SMARTS) is 1. The molecule has 0 radical (unpaired) electrons. The fourth-order valence-electron chi connectivity index (χ4n) is 5.25. The Morgan fingerprint density at radius 1 is 0.659 bits per heavy atom. The molecule has 1 N–H and O–H groups in total. The summed E-state index contributed by atoms with van der Waals surface area (Å²) in [6.07, 6.45) is 22.7. The Morgan fingerprint density at radius 2 is 1.05 bits per heavy atom. The molecule has 0 aliphatic carbocycles. The first-order valence-corrected chi connectivity index (χ1v) is 17.0. The fourth-order valence-corrected chi connectivity index (χ4v) is 5.25. The molecule has 0 spiro atoms. The second-order valence-electron chi connectivity index (χ2n) is 12.3. The lowest BCUT2D eigenvalue weighted by Crippen LogP contribution is -2.46. The third-order valence-corrected chi connectivity index (χ3v) is 8.11. The molecule has 0 saturated carbocycles. The zero-order valence-corrected chi connectivity index (χ0v) is 27.6. The summed E-state index contributed by atoms with van der Waals surface area (Å²) in [5.74, 6) is -1.40. The van der Waals surface area contributed by atoms with Crippen LogP contribution in [-0.2, 0) is 25.6 Å². The SMILES string of the molecule is C=CCCCCCCCCCOC(=O)CC[N+](C)(CCC(=O)OCCCCCCCCCC=C)Cc1ccc(C(=O)O)cc1. The van der Waals surface area contributed by atoms with Crippen LogP contribution in [0.15, 0.2) is 49.6 Å². The minimum Gasteiger partial charge on any atom is -0.478 e. The molecule has 0 bridgehead atoms. The maximum atomic E-state index is 12.5. The van der Waals surface area contributed by atoms with Crippen molar-refractivity contribution in [1.82, 2.24) is 0 Å². The third-order valence-electron chi connectivity index (χ3n) is 8.11. The summed E-state index contributed by atoms with van der Waals surface area (Å²) in [4.78, 5) is 36.4. The quantitative estimate of drug-likeness (QED) is 0.0420. The van der Waals surface area contributed by atoms with Crippen molar-refractivity contribution in [3.63, 3.8) is 0 Å². The number of carbonyl (C=O) groups excluding carboxylic acids is 2. The van der Waals surface area contributed by atoms with E-state index >= 15 is 0 Å². The molecule has 7 nitrogen and oxygen atoms in total. The molecule has 0 fully saturated rings. The van der Waals surface area contributed by atoms with E-state index in [1.807, 2.05) is 19.2 Å². The van der Waals surface area contributed by atoms with Gasteiger partial charge in [0, 0.05) is 5.56 Å². The molecular weight excluding hydrogens is 554 g/mol. The van der Waals surface area contributed by atoms with Crippen LogP contribution in [0.5, 0.6) is 0 Å². The maximum absolute atomic E-state index is 12.5. The van der Waals surface area contributed by atoms with Crippen molar-refractivity contribution in [2.45, 2.75) is 122 Å². The highest BCUT2D eigenvalue weighted by atomic mass is 16.5. The van der Waals surface area contributed by atoms with Crippen molar-refractivity contribution in [3.05, 3.63) is 60.7 Å². The van der Waals surface area contributed by atoms with Gasteiger partial charge >= 0.3 is 17.9 Å². The van der Waals surface area contributed by atoms with E-state index in [0.717, 1.165) is 56.9 Å². The van der Waals surface area contributed by atoms with Crippen LogP contribution < -0.4 is 0 Å². The molecule has 0 atom stereocenters. The van der Waals surface area contributed by atoms with E-state index < -0.39 is 5.97 Å². The number of quaternary nitrogens is 1. The number of allylic oxidation sites excluding steroid dienone is 2. The van der Waals surface area contributed by atoms with Crippen molar-refractivity contribution in [2.75, 3.05) is 33.4 Å². The molecule has 248 valence electrons. The van der Waals surface area contributed by atoms with E-state index in [9.17, 15) is 19.5 Å². The van der Waals surface area contributed by atoms with Crippen molar-refractivity contribution in [3.8, 4) is 0 Å². The monoisotopic (exact) mass is 614 g/mol. The van der Waals surface area contributed by atoms with Crippen LogP contribution in [0, 0.1) is 0 Å². The van der Waals surface area contributed by atoms with Crippen molar-refractivity contribution >= 4 is 17.9 Å². The van der Waals surface area contributed by atoms with Crippen LogP contribution in [0.2, 0.25) is 0 Å². The Balaban J connectivity index is 2.44. The highest BCUT2D eigenvalue weighted by Crippen LogP contribution is 2.17. The van der Waals surface area contributed by atoms with Crippen molar-refractivity contribution in [2.24, 2.45) is 0 Å². The number of aromatic carboxylic acids is 1. The normalized spacial score (nSPS) is 11.2. The topological polar surface area (TPSA) is 89.9 Å². The average molecular weight is 615 g/mol. The number of unbranched alkanes of at least 4 members (excludes halogenated alkanes) is 14. The Kier molecular flexibility index (Phi) is 22.6. The number of benzene rings is 1. The summed E-state index contributed by atoms with van der Waals surface area (Å²) in [6, 6.07) is 6.78. The average Bonchev–Trinajstić information content (AvgIpc) is 3.01. The molecule has 0 aromatic heterocycles. The summed E-state index contributed by atoms with van der Waals surface area (Å²) in [7, 11) is 2.02. The summed E-state index contributed by atoms with van der Waals surface area (Å²) < 4.78 is 11.5. The number of carbonyl (C=O) groups is 3. The first kappa shape index (κ1) is 39.1. The minimum absolute atomic E-state index is 0.219. The fraction of sp³-hybridized carbons (Fsp3) is 0.649. The van der Waals surface area contributed by atoms with Gasteiger partial charge in [0.05, 0.1) is 51.8 Å². The smallest absolute Gasteiger partial charge is 0.335 e. The largest absolute Gasteiger partial charge is 0.478 e. The van der Waals surface area contributed by atoms with Crippen LogP contribution in [0.3, 0.4) is 0 Å². The number of ether oxygens (including phenoxy) is 2. The first-order valence-electron chi connectivity index (χ1n) is 17.0. The molecule has 0 unspecified atom stereocenters. The van der Waals surface area contributed by atoms with Gasteiger partial charge in [-0.1, -0.05) is 88.5 Å². The molecule has 44 heavy (non-hydrogen) atoms. The van der Waals surface area contributed by atoms with Crippen LogP contribution in [0.1, 0.15) is 131 Å². The van der Waals surface area contributed by atoms with Crippen LogP contribution >= 0.6 is 0 Å². The van der Waals surface area contributed by atoms with Gasteiger partial charge < -0.3 is 19.1 Å². The van der Waals surface area contributed by atoms with E-state index in [-0.39, 0.29) is 30.3 Å². The van der Waals surface area contributed by atoms with Crippen LogP contribution in [-0.4, -0.2) is 60.8 Å². The lowest BCUT2D eigenvalue weighted by atomic mass is 10.1. The lowest BCUT2D eigenvalue weighted by molar-refractivity contribution is -0.921. The zero-order valence-electron chi connectivity index (χ0n) is 27.6. The number of nitrogens with zero attached hydrogens (tertiary/aromatic N) is 1. The van der Waals surface area contributed by atoms with Crippen LogP contribution in [0.25, 0.3) is 0 Å². The summed E-state index contributed by atoms with van der Waals surface area (Å²) in [6.45, 7) is 10.0. The standard InChI is InChI=1S/C37H59NO6/c1-4-6-8-10-12-14-16-18-20-30-43-35(39)26-28-38(3,32-33-22-24-34(25-23-33)37(41)42)29-27-36(40)44-31-21-19-17-15-13-11-9-7-5-2/h4-5,22-25H,1-2,6-21,26-32H2,3H3/p+1. The first-order chi connectivity index (χ1) is 21.3. The van der Waals surface area contributed by atoms with Gasteiger partial charge in [0.15, 0.2) is 0 Å². The Hall–Kier alpha value is -2.93. The number of hydrogen-bond donors (Lipinski definition) is 1. The predicted molar refractivity (Wildman–Crippen MR) is 178 cm³/mol. The molecule has 1 rings (SSSR count). The Labute approximate surface area is 267 Å². The molecule has 0 aliphatic rings. The molecule has 0 aliphatic heterocycles. The number of esters is 2. The van der Waals surface area contributed by atoms with E-state index in [0.29, 0.717) is 37.3 Å². The Morgan fingerprint density at radius 3 is 1.43 bits per heavy atom. The van der Waals surface area contributed by atoms with E-state index in [2.05, 4.69) is 13.2 Å². The second kappa shape index (κ2) is 25.4. The summed E-state index contributed by atoms with van der Waals surface area (Å²) in [5, 5.41) is 9.23. The van der Waals surface area contributed by atoms with Gasteiger partial charge in [-0.2, -0.15) is 0 Å². The van der Waals surface area contributed by atoms with Gasteiger partial charge in [-0.05, 0) is 50.7 Å². The number of carboxylic acids is 1. The van der Waals surface area contributed by atoms with Gasteiger partial charge in [0.1, 0.15) is 6.54 Å². The molecule has 0 amide bonds. The number of rotatable bonds is 29. The predicted octanol–water partition coefficient (Wildman–Crippen LogP) is 8.81. The third kappa shape index (κ3) is 20.9. The second-order valence-corrected chi connectivity index (χ2v) is 12.3. The lowest BCUT2D eigenvalue weighted by Gasteiger charge is -2.34. The van der Waals surface area contributed by atoms with Gasteiger partial charge in [0.2, 0.25) is 0 Å². The highest BCUT2D eigenvalue weighted by molar-refractivity contribution is 5.87. The van der Waals surface area contributed by atoms with Crippen molar-refractivity contribution < 1.29 is 33.4 Å². The van der Waals surface area contributed by atoms with Gasteiger partial charge in [-0.15, -0.1) is 13.2 Å². The molecule has 1 aromatic carbocycles. The van der Waals surface area contributed by atoms with Gasteiger partial charge in [-0.3, -0.25) is 9.59 Å². The highest BCUT2D eigenvalue weighted by Gasteiger charge is 2.26. The molecule has 0 saturated heterocycles. The number of hydrogen-bond acceptors (Lipinski definition) is 5. The summed E-state index contributed by atoms with van der Waals surface area (Å²) >= 11 is 0. The zero-order chi connectivity index (χ0) is 32.3. The molecule has 0 heterocycles.